The number of rotatable bonds is 4. The molecule has 4 rings (SSSR count). The van der Waals surface area contributed by atoms with Crippen molar-refractivity contribution in [3.63, 3.8) is 0 Å². The van der Waals surface area contributed by atoms with E-state index in [-0.39, 0.29) is 5.56 Å². The van der Waals surface area contributed by atoms with Gasteiger partial charge in [-0.3, -0.25) is 4.79 Å². The maximum Gasteiger partial charge on any atom is 0.259 e. The third-order valence-electron chi connectivity index (χ3n) is 3.97. The maximum absolute atomic E-state index is 12.2. The SMILES string of the molecule is O=c1[nH]c(/C(Cl)=C/c2cccc(Oc3ccccc3)c2)nc2ccccc12. The van der Waals surface area contributed by atoms with Crippen LogP contribution in [0.15, 0.2) is 83.7 Å². The van der Waals surface area contributed by atoms with Crippen LogP contribution in [0.3, 0.4) is 0 Å². The van der Waals surface area contributed by atoms with E-state index in [2.05, 4.69) is 9.97 Å². The van der Waals surface area contributed by atoms with E-state index in [4.69, 9.17) is 16.3 Å². The normalized spacial score (nSPS) is 11.5. The van der Waals surface area contributed by atoms with Crippen LogP contribution >= 0.6 is 11.6 Å². The van der Waals surface area contributed by atoms with E-state index in [1.807, 2.05) is 60.7 Å². The fourth-order valence-electron chi connectivity index (χ4n) is 2.71. The molecule has 3 aromatic carbocycles. The number of fused-ring (bicyclic) bond motifs is 1. The molecule has 1 heterocycles. The third kappa shape index (κ3) is 3.91. The van der Waals surface area contributed by atoms with Crippen molar-refractivity contribution in [2.45, 2.75) is 0 Å². The number of para-hydroxylation sites is 2. The van der Waals surface area contributed by atoms with Crippen molar-refractivity contribution in [3.8, 4) is 11.5 Å². The fourth-order valence-corrected chi connectivity index (χ4v) is 2.92. The number of hydrogen-bond acceptors (Lipinski definition) is 3. The molecule has 0 unspecified atom stereocenters. The molecular weight excluding hydrogens is 360 g/mol. The van der Waals surface area contributed by atoms with Gasteiger partial charge in [0.05, 0.1) is 15.9 Å². The van der Waals surface area contributed by atoms with Gasteiger partial charge in [0.2, 0.25) is 0 Å². The predicted octanol–water partition coefficient (Wildman–Crippen LogP) is 5.45. The Hall–Kier alpha value is -3.37. The molecule has 0 amide bonds. The van der Waals surface area contributed by atoms with Gasteiger partial charge in [0, 0.05) is 0 Å². The summed E-state index contributed by atoms with van der Waals surface area (Å²) in [6.45, 7) is 0. The van der Waals surface area contributed by atoms with E-state index in [1.54, 1.807) is 24.3 Å². The van der Waals surface area contributed by atoms with Gasteiger partial charge in [-0.25, -0.2) is 4.98 Å². The first-order valence-corrected chi connectivity index (χ1v) is 8.76. The lowest BCUT2D eigenvalue weighted by atomic mass is 10.2. The molecule has 0 aliphatic rings. The number of H-pyrrole nitrogens is 1. The van der Waals surface area contributed by atoms with Crippen LogP contribution in [0.5, 0.6) is 11.5 Å². The molecule has 132 valence electrons. The molecule has 5 heteroatoms. The highest BCUT2D eigenvalue weighted by Gasteiger charge is 2.07. The molecular formula is C22H15ClN2O2. The number of aromatic nitrogens is 2. The monoisotopic (exact) mass is 374 g/mol. The third-order valence-corrected chi connectivity index (χ3v) is 4.26. The van der Waals surface area contributed by atoms with Crippen LogP contribution in [0.4, 0.5) is 0 Å². The number of hydrogen-bond donors (Lipinski definition) is 1. The Balaban J connectivity index is 1.65. The summed E-state index contributed by atoms with van der Waals surface area (Å²) < 4.78 is 5.84. The van der Waals surface area contributed by atoms with Crippen LogP contribution < -0.4 is 10.3 Å². The van der Waals surface area contributed by atoms with E-state index < -0.39 is 0 Å². The van der Waals surface area contributed by atoms with E-state index in [0.717, 1.165) is 11.3 Å². The Bertz CT molecular complexity index is 1180. The number of ether oxygens (including phenoxy) is 1. The summed E-state index contributed by atoms with van der Waals surface area (Å²) in [5, 5.41) is 0.874. The van der Waals surface area contributed by atoms with Gasteiger partial charge in [0.1, 0.15) is 11.5 Å². The molecule has 0 saturated carbocycles. The van der Waals surface area contributed by atoms with Gasteiger partial charge < -0.3 is 9.72 Å². The lowest BCUT2D eigenvalue weighted by Gasteiger charge is -2.06. The molecule has 1 N–H and O–H groups in total. The lowest BCUT2D eigenvalue weighted by molar-refractivity contribution is 0.482. The van der Waals surface area contributed by atoms with Crippen molar-refractivity contribution in [3.05, 3.63) is 101 Å². The molecule has 1 aromatic heterocycles. The molecule has 0 radical (unpaired) electrons. The second-order valence-electron chi connectivity index (χ2n) is 5.91. The Morgan fingerprint density at radius 2 is 1.67 bits per heavy atom. The van der Waals surface area contributed by atoms with Gasteiger partial charge in [-0.2, -0.15) is 0 Å². The van der Waals surface area contributed by atoms with Gasteiger partial charge in [-0.05, 0) is 48.0 Å². The summed E-state index contributed by atoms with van der Waals surface area (Å²) in [7, 11) is 0. The summed E-state index contributed by atoms with van der Waals surface area (Å²) >= 11 is 6.41. The Morgan fingerprint density at radius 3 is 2.52 bits per heavy atom. The molecule has 0 aliphatic carbocycles. The quantitative estimate of drug-likeness (QED) is 0.516. The highest BCUT2D eigenvalue weighted by atomic mass is 35.5. The van der Waals surface area contributed by atoms with Crippen LogP contribution in [-0.2, 0) is 0 Å². The highest BCUT2D eigenvalue weighted by Crippen LogP contribution is 2.25. The van der Waals surface area contributed by atoms with E-state index in [1.165, 1.54) is 0 Å². The van der Waals surface area contributed by atoms with Crippen molar-refractivity contribution in [1.29, 1.82) is 0 Å². The molecule has 0 fully saturated rings. The van der Waals surface area contributed by atoms with Crippen molar-refractivity contribution in [1.82, 2.24) is 9.97 Å². The molecule has 4 nitrogen and oxygen atoms in total. The largest absolute Gasteiger partial charge is 0.457 e. The first-order chi connectivity index (χ1) is 13.2. The summed E-state index contributed by atoms with van der Waals surface area (Å²) in [6, 6.07) is 24.2. The Morgan fingerprint density at radius 1 is 0.926 bits per heavy atom. The van der Waals surface area contributed by atoms with Crippen molar-refractivity contribution < 1.29 is 4.74 Å². The zero-order valence-electron chi connectivity index (χ0n) is 14.2. The number of nitrogens with zero attached hydrogens (tertiary/aromatic N) is 1. The Kier molecular flexibility index (Phi) is 4.73. The van der Waals surface area contributed by atoms with Gasteiger partial charge in [-0.1, -0.05) is 54.1 Å². The molecule has 0 aliphatic heterocycles. The fraction of sp³-hybridized carbons (Fsp3) is 0. The molecule has 27 heavy (non-hydrogen) atoms. The average molecular weight is 375 g/mol. The molecule has 0 saturated heterocycles. The highest BCUT2D eigenvalue weighted by molar-refractivity contribution is 6.50. The van der Waals surface area contributed by atoms with Crippen LogP contribution in [-0.4, -0.2) is 9.97 Å². The van der Waals surface area contributed by atoms with Crippen LogP contribution in [0, 0.1) is 0 Å². The zero-order chi connectivity index (χ0) is 18.6. The topological polar surface area (TPSA) is 55.0 Å². The van der Waals surface area contributed by atoms with Gasteiger partial charge in [-0.15, -0.1) is 0 Å². The van der Waals surface area contributed by atoms with Crippen molar-refractivity contribution >= 4 is 33.6 Å². The van der Waals surface area contributed by atoms with Crippen molar-refractivity contribution in [2.24, 2.45) is 0 Å². The minimum absolute atomic E-state index is 0.219. The summed E-state index contributed by atoms with van der Waals surface area (Å²) in [4.78, 5) is 19.4. The molecule has 0 spiro atoms. The van der Waals surface area contributed by atoms with E-state index in [9.17, 15) is 4.79 Å². The number of halogens is 1. The van der Waals surface area contributed by atoms with Gasteiger partial charge in [0.25, 0.3) is 5.56 Å². The number of nitrogens with one attached hydrogen (secondary N) is 1. The summed E-state index contributed by atoms with van der Waals surface area (Å²) in [5.41, 5.74) is 1.22. The van der Waals surface area contributed by atoms with E-state index >= 15 is 0 Å². The zero-order valence-corrected chi connectivity index (χ0v) is 15.0. The Labute approximate surface area is 160 Å². The van der Waals surface area contributed by atoms with Gasteiger partial charge >= 0.3 is 0 Å². The minimum Gasteiger partial charge on any atom is -0.457 e. The first-order valence-electron chi connectivity index (χ1n) is 8.39. The minimum atomic E-state index is -0.219. The summed E-state index contributed by atoms with van der Waals surface area (Å²) in [6.07, 6.45) is 1.74. The molecule has 0 bridgehead atoms. The van der Waals surface area contributed by atoms with Crippen LogP contribution in [0.2, 0.25) is 0 Å². The summed E-state index contributed by atoms with van der Waals surface area (Å²) in [5.74, 6) is 1.78. The second kappa shape index (κ2) is 7.48. The molecule has 0 atom stereocenters. The van der Waals surface area contributed by atoms with E-state index in [0.29, 0.717) is 27.5 Å². The van der Waals surface area contributed by atoms with Gasteiger partial charge in [0.15, 0.2) is 5.82 Å². The first kappa shape index (κ1) is 17.1. The smallest absolute Gasteiger partial charge is 0.259 e. The maximum atomic E-state index is 12.2. The predicted molar refractivity (Wildman–Crippen MR) is 109 cm³/mol. The number of aromatic amines is 1. The standard InChI is InChI=1S/C22H15ClN2O2/c23-19(21-24-20-12-5-4-11-18(20)22(26)25-21)14-15-7-6-10-17(13-15)27-16-8-2-1-3-9-16/h1-14H,(H,24,25,26)/b19-14-. The lowest BCUT2D eigenvalue weighted by Crippen LogP contribution is -2.10. The number of benzene rings is 3. The average Bonchev–Trinajstić information content (AvgIpc) is 2.69. The molecule has 4 aromatic rings. The van der Waals surface area contributed by atoms with Crippen molar-refractivity contribution in [2.75, 3.05) is 0 Å². The van der Waals surface area contributed by atoms with Crippen LogP contribution in [0.25, 0.3) is 22.0 Å². The van der Waals surface area contributed by atoms with Crippen LogP contribution in [0.1, 0.15) is 11.4 Å². The second-order valence-corrected chi connectivity index (χ2v) is 6.32.